The summed E-state index contributed by atoms with van der Waals surface area (Å²) < 4.78 is 5.22. The van der Waals surface area contributed by atoms with Gasteiger partial charge in [0.05, 0.1) is 12.1 Å². The summed E-state index contributed by atoms with van der Waals surface area (Å²) in [7, 11) is 0. The predicted molar refractivity (Wildman–Crippen MR) is 75.4 cm³/mol. The van der Waals surface area contributed by atoms with E-state index in [2.05, 4.69) is 0 Å². The topological polar surface area (TPSA) is 69.4 Å². The summed E-state index contributed by atoms with van der Waals surface area (Å²) in [5.74, 6) is -0.802. The van der Waals surface area contributed by atoms with Crippen LogP contribution in [0.4, 0.5) is 0 Å². The van der Waals surface area contributed by atoms with Crippen molar-refractivity contribution in [2.24, 2.45) is 5.73 Å². The van der Waals surface area contributed by atoms with Crippen LogP contribution in [-0.2, 0) is 11.3 Å². The van der Waals surface area contributed by atoms with Crippen LogP contribution in [-0.4, -0.2) is 18.3 Å². The molecule has 0 spiro atoms. The summed E-state index contributed by atoms with van der Waals surface area (Å²) in [5.41, 5.74) is 6.78. The van der Waals surface area contributed by atoms with E-state index in [-0.39, 0.29) is 24.5 Å². The van der Waals surface area contributed by atoms with E-state index < -0.39 is 5.97 Å². The zero-order valence-electron chi connectivity index (χ0n) is 10.9. The molecule has 0 atom stereocenters. The molecule has 0 saturated carbocycles. The highest BCUT2D eigenvalue weighted by Gasteiger charge is 2.16. The highest BCUT2D eigenvalue weighted by Crippen LogP contribution is 2.12. The molecular formula is C16H15NO3. The SMILES string of the molecule is NCC(=O)c1ccccc1C(=O)OCc1ccccc1. The molecule has 0 aromatic heterocycles. The van der Waals surface area contributed by atoms with Gasteiger partial charge >= 0.3 is 5.97 Å². The Bertz CT molecular complexity index is 608. The van der Waals surface area contributed by atoms with Crippen molar-refractivity contribution in [1.82, 2.24) is 0 Å². The molecule has 0 aliphatic carbocycles. The van der Waals surface area contributed by atoms with E-state index in [0.717, 1.165) is 5.56 Å². The predicted octanol–water partition coefficient (Wildman–Crippen LogP) is 2.19. The smallest absolute Gasteiger partial charge is 0.339 e. The quantitative estimate of drug-likeness (QED) is 0.667. The Morgan fingerprint density at radius 1 is 0.900 bits per heavy atom. The Morgan fingerprint density at radius 2 is 1.50 bits per heavy atom. The van der Waals surface area contributed by atoms with Gasteiger partial charge in [-0.25, -0.2) is 4.79 Å². The van der Waals surface area contributed by atoms with Gasteiger partial charge in [0.1, 0.15) is 6.61 Å². The molecule has 0 bridgehead atoms. The fourth-order valence-electron chi connectivity index (χ4n) is 1.82. The maximum absolute atomic E-state index is 12.0. The van der Waals surface area contributed by atoms with Crippen LogP contribution in [0.5, 0.6) is 0 Å². The minimum absolute atomic E-state index is 0.136. The minimum atomic E-state index is -0.522. The van der Waals surface area contributed by atoms with E-state index in [1.165, 1.54) is 0 Å². The average molecular weight is 269 g/mol. The number of hydrogen-bond acceptors (Lipinski definition) is 4. The second kappa shape index (κ2) is 6.63. The molecule has 0 aliphatic heterocycles. The zero-order valence-corrected chi connectivity index (χ0v) is 10.9. The number of ether oxygens (including phenoxy) is 1. The molecule has 0 fully saturated rings. The normalized spacial score (nSPS) is 10.1. The number of carbonyl (C=O) groups is 2. The lowest BCUT2D eigenvalue weighted by Gasteiger charge is -2.08. The summed E-state index contributed by atoms with van der Waals surface area (Å²) in [4.78, 5) is 23.7. The van der Waals surface area contributed by atoms with E-state index in [1.54, 1.807) is 24.3 Å². The van der Waals surface area contributed by atoms with Crippen LogP contribution in [0.3, 0.4) is 0 Å². The lowest BCUT2D eigenvalue weighted by atomic mass is 10.0. The monoisotopic (exact) mass is 269 g/mol. The van der Waals surface area contributed by atoms with Crippen molar-refractivity contribution in [3.8, 4) is 0 Å². The number of Topliss-reactive ketones (excluding diaryl/α,β-unsaturated/α-hetero) is 1. The first-order valence-corrected chi connectivity index (χ1v) is 6.25. The Labute approximate surface area is 117 Å². The summed E-state index contributed by atoms with van der Waals surface area (Å²) in [6, 6.07) is 15.9. The summed E-state index contributed by atoms with van der Waals surface area (Å²) in [6.45, 7) is 0.0355. The van der Waals surface area contributed by atoms with Gasteiger partial charge in [-0.3, -0.25) is 4.79 Å². The lowest BCUT2D eigenvalue weighted by Crippen LogP contribution is -2.18. The van der Waals surface area contributed by atoms with Gasteiger partial charge in [0, 0.05) is 5.56 Å². The maximum atomic E-state index is 12.0. The first kappa shape index (κ1) is 14.0. The van der Waals surface area contributed by atoms with Crippen LogP contribution < -0.4 is 5.73 Å². The van der Waals surface area contributed by atoms with Crippen molar-refractivity contribution in [1.29, 1.82) is 0 Å². The third-order valence-corrected chi connectivity index (χ3v) is 2.85. The number of ketones is 1. The summed E-state index contributed by atoms with van der Waals surface area (Å²) >= 11 is 0. The van der Waals surface area contributed by atoms with Crippen molar-refractivity contribution in [3.63, 3.8) is 0 Å². The Morgan fingerprint density at radius 3 is 2.15 bits per heavy atom. The fourth-order valence-corrected chi connectivity index (χ4v) is 1.82. The maximum Gasteiger partial charge on any atom is 0.339 e. The Kier molecular flexibility index (Phi) is 4.63. The molecule has 0 aliphatic rings. The molecular weight excluding hydrogens is 254 g/mol. The molecule has 2 aromatic carbocycles. The first-order valence-electron chi connectivity index (χ1n) is 6.25. The summed E-state index contributed by atoms with van der Waals surface area (Å²) in [5, 5.41) is 0. The largest absolute Gasteiger partial charge is 0.457 e. The highest BCUT2D eigenvalue weighted by atomic mass is 16.5. The van der Waals surface area contributed by atoms with Gasteiger partial charge < -0.3 is 10.5 Å². The number of hydrogen-bond donors (Lipinski definition) is 1. The molecule has 0 unspecified atom stereocenters. The third kappa shape index (κ3) is 3.30. The van der Waals surface area contributed by atoms with Crippen molar-refractivity contribution in [2.45, 2.75) is 6.61 Å². The number of nitrogens with two attached hydrogens (primary N) is 1. The third-order valence-electron chi connectivity index (χ3n) is 2.85. The average Bonchev–Trinajstić information content (AvgIpc) is 2.52. The molecule has 2 aromatic rings. The van der Waals surface area contributed by atoms with Gasteiger partial charge in [-0.2, -0.15) is 0 Å². The Balaban J connectivity index is 2.12. The lowest BCUT2D eigenvalue weighted by molar-refractivity contribution is 0.0470. The van der Waals surface area contributed by atoms with Gasteiger partial charge in [-0.05, 0) is 11.6 Å². The standard InChI is InChI=1S/C16H15NO3/c17-10-15(18)13-8-4-5-9-14(13)16(19)20-11-12-6-2-1-3-7-12/h1-9H,10-11,17H2. The van der Waals surface area contributed by atoms with Gasteiger partial charge in [0.15, 0.2) is 5.78 Å². The van der Waals surface area contributed by atoms with Crippen LogP contribution in [0.25, 0.3) is 0 Å². The van der Waals surface area contributed by atoms with Crippen LogP contribution >= 0.6 is 0 Å². The molecule has 0 amide bonds. The number of benzene rings is 2. The van der Waals surface area contributed by atoms with Crippen molar-refractivity contribution in [2.75, 3.05) is 6.54 Å². The molecule has 2 N–H and O–H groups in total. The molecule has 0 radical (unpaired) electrons. The number of esters is 1. The van der Waals surface area contributed by atoms with Crippen molar-refractivity contribution < 1.29 is 14.3 Å². The van der Waals surface area contributed by atoms with Crippen LogP contribution in [0.1, 0.15) is 26.3 Å². The minimum Gasteiger partial charge on any atom is -0.457 e. The van der Waals surface area contributed by atoms with E-state index in [1.807, 2.05) is 30.3 Å². The molecule has 0 heterocycles. The molecule has 4 nitrogen and oxygen atoms in total. The van der Waals surface area contributed by atoms with E-state index >= 15 is 0 Å². The van der Waals surface area contributed by atoms with Crippen LogP contribution in [0, 0.1) is 0 Å². The van der Waals surface area contributed by atoms with Crippen LogP contribution in [0.15, 0.2) is 54.6 Å². The first-order chi connectivity index (χ1) is 9.72. The molecule has 2 rings (SSSR count). The Hall–Kier alpha value is -2.46. The van der Waals surface area contributed by atoms with Crippen molar-refractivity contribution in [3.05, 3.63) is 71.3 Å². The van der Waals surface area contributed by atoms with Crippen molar-refractivity contribution >= 4 is 11.8 Å². The fraction of sp³-hybridized carbons (Fsp3) is 0.125. The number of carbonyl (C=O) groups excluding carboxylic acids is 2. The zero-order chi connectivity index (χ0) is 14.4. The summed E-state index contributed by atoms with van der Waals surface area (Å²) in [6.07, 6.45) is 0. The van der Waals surface area contributed by atoms with E-state index in [0.29, 0.717) is 5.56 Å². The molecule has 102 valence electrons. The van der Waals surface area contributed by atoms with Gasteiger partial charge in [0.2, 0.25) is 0 Å². The van der Waals surface area contributed by atoms with E-state index in [9.17, 15) is 9.59 Å². The van der Waals surface area contributed by atoms with Crippen LogP contribution in [0.2, 0.25) is 0 Å². The van der Waals surface area contributed by atoms with Gasteiger partial charge in [-0.1, -0.05) is 48.5 Å². The second-order valence-corrected chi connectivity index (χ2v) is 4.23. The highest BCUT2D eigenvalue weighted by molar-refractivity contribution is 6.07. The molecule has 20 heavy (non-hydrogen) atoms. The molecule has 4 heteroatoms. The second-order valence-electron chi connectivity index (χ2n) is 4.23. The number of rotatable bonds is 5. The molecule has 0 saturated heterocycles. The van der Waals surface area contributed by atoms with E-state index in [4.69, 9.17) is 10.5 Å². The van der Waals surface area contributed by atoms with Gasteiger partial charge in [0.25, 0.3) is 0 Å². The van der Waals surface area contributed by atoms with Gasteiger partial charge in [-0.15, -0.1) is 0 Å².